The maximum atomic E-state index is 12.2. The van der Waals surface area contributed by atoms with Crippen molar-refractivity contribution in [3.8, 4) is 0 Å². The van der Waals surface area contributed by atoms with Gasteiger partial charge in [0.05, 0.1) is 4.90 Å². The van der Waals surface area contributed by atoms with E-state index >= 15 is 0 Å². The van der Waals surface area contributed by atoms with Gasteiger partial charge in [-0.05, 0) is 59.0 Å². The molecule has 18 heavy (non-hydrogen) atoms. The highest BCUT2D eigenvalue weighted by Crippen LogP contribution is 2.08. The van der Waals surface area contributed by atoms with E-state index < -0.39 is 15.9 Å². The van der Waals surface area contributed by atoms with Crippen LogP contribution in [0, 0.1) is 9.39 Å². The van der Waals surface area contributed by atoms with Crippen LogP contribution in [-0.4, -0.2) is 13.0 Å². The van der Waals surface area contributed by atoms with Gasteiger partial charge in [-0.1, -0.05) is 18.2 Å². The van der Waals surface area contributed by atoms with E-state index in [2.05, 4.69) is 34.7 Å². The number of benzene rings is 2. The van der Waals surface area contributed by atoms with Crippen molar-refractivity contribution < 1.29 is 17.4 Å². The third-order valence-electron chi connectivity index (χ3n) is 1.84. The summed E-state index contributed by atoms with van der Waals surface area (Å²) in [6.07, 6.45) is 0. The van der Waals surface area contributed by atoms with Crippen LogP contribution < -0.4 is 0 Å². The Balaban J connectivity index is 0.000000199. The molecule has 0 fully saturated rings. The first-order valence-electron chi connectivity index (χ1n) is 4.83. The molecular formula is C12H10FIO3S. The minimum absolute atomic E-state index is 0.307. The van der Waals surface area contributed by atoms with E-state index in [0.29, 0.717) is 0 Å². The molecule has 2 rings (SSSR count). The zero-order valence-corrected chi connectivity index (χ0v) is 12.1. The SMILES string of the molecule is Ic1ccccc1.O=S(=O)(O)c1ccc(F)cc1. The topological polar surface area (TPSA) is 54.4 Å². The molecule has 3 nitrogen and oxygen atoms in total. The Morgan fingerprint density at radius 3 is 1.78 bits per heavy atom. The summed E-state index contributed by atoms with van der Waals surface area (Å²) in [6.45, 7) is 0. The fraction of sp³-hybridized carbons (Fsp3) is 0. The second kappa shape index (κ2) is 6.81. The average Bonchev–Trinajstić information content (AvgIpc) is 2.30. The Kier molecular flexibility index (Phi) is 5.70. The first-order chi connectivity index (χ1) is 8.39. The lowest BCUT2D eigenvalue weighted by Gasteiger charge is -1.93. The van der Waals surface area contributed by atoms with Gasteiger partial charge in [0.25, 0.3) is 10.1 Å². The van der Waals surface area contributed by atoms with E-state index in [1.165, 1.54) is 3.57 Å². The second-order valence-corrected chi connectivity index (χ2v) is 5.89. The van der Waals surface area contributed by atoms with Crippen LogP contribution in [0.5, 0.6) is 0 Å². The van der Waals surface area contributed by atoms with Crippen molar-refractivity contribution in [1.82, 2.24) is 0 Å². The van der Waals surface area contributed by atoms with Crippen LogP contribution in [0.15, 0.2) is 59.5 Å². The minimum atomic E-state index is -4.19. The van der Waals surface area contributed by atoms with Crippen LogP contribution in [0.3, 0.4) is 0 Å². The molecule has 0 aliphatic heterocycles. The monoisotopic (exact) mass is 380 g/mol. The number of hydrogen-bond acceptors (Lipinski definition) is 2. The molecule has 96 valence electrons. The lowest BCUT2D eigenvalue weighted by molar-refractivity contribution is 0.483. The molecule has 0 atom stereocenters. The molecule has 0 amide bonds. The number of halogens is 2. The normalized spacial score (nSPS) is 10.4. The highest BCUT2D eigenvalue weighted by Gasteiger charge is 2.07. The highest BCUT2D eigenvalue weighted by atomic mass is 127. The zero-order valence-electron chi connectivity index (χ0n) is 9.12. The summed E-state index contributed by atoms with van der Waals surface area (Å²) in [5, 5.41) is 0. The van der Waals surface area contributed by atoms with Crippen molar-refractivity contribution in [2.45, 2.75) is 4.90 Å². The fourth-order valence-corrected chi connectivity index (χ4v) is 1.92. The van der Waals surface area contributed by atoms with E-state index in [1.807, 2.05) is 18.2 Å². The van der Waals surface area contributed by atoms with Crippen molar-refractivity contribution in [2.75, 3.05) is 0 Å². The van der Waals surface area contributed by atoms with Gasteiger partial charge in [0.2, 0.25) is 0 Å². The van der Waals surface area contributed by atoms with Crippen LogP contribution in [0.25, 0.3) is 0 Å². The molecule has 0 spiro atoms. The molecule has 0 aliphatic rings. The molecule has 0 radical (unpaired) electrons. The van der Waals surface area contributed by atoms with E-state index in [0.717, 1.165) is 24.3 Å². The smallest absolute Gasteiger partial charge is 0.282 e. The molecule has 1 N–H and O–H groups in total. The average molecular weight is 380 g/mol. The van der Waals surface area contributed by atoms with Crippen molar-refractivity contribution >= 4 is 32.7 Å². The summed E-state index contributed by atoms with van der Waals surface area (Å²) >= 11 is 2.28. The first-order valence-corrected chi connectivity index (χ1v) is 7.35. The van der Waals surface area contributed by atoms with Gasteiger partial charge in [-0.25, -0.2) is 4.39 Å². The van der Waals surface area contributed by atoms with Crippen LogP contribution in [0.4, 0.5) is 4.39 Å². The van der Waals surface area contributed by atoms with Crippen molar-refractivity contribution in [3.63, 3.8) is 0 Å². The molecule has 6 heteroatoms. The van der Waals surface area contributed by atoms with Gasteiger partial charge in [-0.15, -0.1) is 0 Å². The van der Waals surface area contributed by atoms with Crippen LogP contribution in [0.2, 0.25) is 0 Å². The van der Waals surface area contributed by atoms with E-state index in [-0.39, 0.29) is 4.90 Å². The Morgan fingerprint density at radius 1 is 0.944 bits per heavy atom. The molecule has 0 unspecified atom stereocenters. The van der Waals surface area contributed by atoms with E-state index in [9.17, 15) is 12.8 Å². The summed E-state index contributed by atoms with van der Waals surface area (Å²) < 4.78 is 42.7. The summed E-state index contributed by atoms with van der Waals surface area (Å²) in [7, 11) is -4.19. The van der Waals surface area contributed by atoms with E-state index in [4.69, 9.17) is 4.55 Å². The summed E-state index contributed by atoms with van der Waals surface area (Å²) in [5.74, 6) is -0.544. The molecule has 0 aliphatic carbocycles. The van der Waals surface area contributed by atoms with Gasteiger partial charge >= 0.3 is 0 Å². The van der Waals surface area contributed by atoms with Crippen molar-refractivity contribution in [2.24, 2.45) is 0 Å². The van der Waals surface area contributed by atoms with Crippen molar-refractivity contribution in [3.05, 3.63) is 64.0 Å². The van der Waals surface area contributed by atoms with Crippen LogP contribution >= 0.6 is 22.6 Å². The molecule has 0 aromatic heterocycles. The van der Waals surface area contributed by atoms with Crippen molar-refractivity contribution in [1.29, 1.82) is 0 Å². The molecule has 2 aromatic rings. The number of rotatable bonds is 1. The zero-order chi connectivity index (χ0) is 13.6. The largest absolute Gasteiger partial charge is 0.294 e. The van der Waals surface area contributed by atoms with Gasteiger partial charge in [-0.3, -0.25) is 4.55 Å². The van der Waals surface area contributed by atoms with Gasteiger partial charge < -0.3 is 0 Å². The number of hydrogen-bond donors (Lipinski definition) is 1. The van der Waals surface area contributed by atoms with E-state index in [1.54, 1.807) is 0 Å². The molecule has 0 saturated carbocycles. The maximum absolute atomic E-state index is 12.2. The Hall–Kier alpha value is -0.990. The minimum Gasteiger partial charge on any atom is -0.282 e. The summed E-state index contributed by atoms with van der Waals surface area (Å²) in [5.41, 5.74) is 0. The molecular weight excluding hydrogens is 370 g/mol. The lowest BCUT2D eigenvalue weighted by atomic mass is 10.4. The van der Waals surface area contributed by atoms with Gasteiger partial charge in [0, 0.05) is 3.57 Å². The van der Waals surface area contributed by atoms with Crippen LogP contribution in [-0.2, 0) is 10.1 Å². The van der Waals surface area contributed by atoms with Crippen LogP contribution in [0.1, 0.15) is 0 Å². The van der Waals surface area contributed by atoms with Gasteiger partial charge in [-0.2, -0.15) is 8.42 Å². The Bertz CT molecular complexity index is 582. The standard InChI is InChI=1S/C6H5FO3S.C6H5I/c7-5-1-3-6(4-2-5)11(8,9)10;7-6-4-2-1-3-5-6/h1-4H,(H,8,9,10);1-5H. The molecule has 0 saturated heterocycles. The third-order valence-corrected chi connectivity index (χ3v) is 3.43. The quantitative estimate of drug-likeness (QED) is 0.610. The van der Waals surface area contributed by atoms with Gasteiger partial charge in [0.15, 0.2) is 0 Å². The maximum Gasteiger partial charge on any atom is 0.294 e. The lowest BCUT2D eigenvalue weighted by Crippen LogP contribution is -1.97. The molecule has 0 heterocycles. The Morgan fingerprint density at radius 2 is 1.44 bits per heavy atom. The predicted molar refractivity (Wildman–Crippen MR) is 75.4 cm³/mol. The fourth-order valence-electron chi connectivity index (χ4n) is 1.02. The third kappa shape index (κ3) is 5.56. The highest BCUT2D eigenvalue weighted by molar-refractivity contribution is 14.1. The molecule has 2 aromatic carbocycles. The summed E-state index contributed by atoms with van der Waals surface area (Å²) in [4.78, 5) is -0.307. The summed E-state index contributed by atoms with van der Waals surface area (Å²) in [6, 6.07) is 14.1. The van der Waals surface area contributed by atoms with Gasteiger partial charge in [0.1, 0.15) is 5.82 Å². The Labute approximate surface area is 119 Å². The predicted octanol–water partition coefficient (Wildman–Crippen LogP) is 3.36. The second-order valence-electron chi connectivity index (χ2n) is 3.22. The first kappa shape index (κ1) is 15.1. The molecule has 0 bridgehead atoms.